The van der Waals surface area contributed by atoms with Crippen molar-refractivity contribution in [2.75, 3.05) is 6.61 Å². The number of carbonyl (C=O) groups is 5. The number of alkyl carbamates (subject to hydrolysis) is 1. The number of amides is 3. The molecule has 2 N–H and O–H groups in total. The predicted octanol–water partition coefficient (Wildman–Crippen LogP) is 3.51. The normalized spacial score (nSPS) is 14.4. The van der Waals surface area contributed by atoms with Crippen molar-refractivity contribution >= 4 is 29.8 Å². The lowest BCUT2D eigenvalue weighted by molar-refractivity contribution is -0.168. The molecule has 2 aliphatic rings. The predicted molar refractivity (Wildman–Crippen MR) is 132 cm³/mol. The number of aliphatic carboxylic acids is 1. The molecule has 0 unspecified atom stereocenters. The number of benzene rings is 3. The first-order valence-electron chi connectivity index (χ1n) is 11.9. The van der Waals surface area contributed by atoms with Gasteiger partial charge in [-0.15, -0.1) is 0 Å². The van der Waals surface area contributed by atoms with Crippen LogP contribution in [0.4, 0.5) is 4.79 Å². The van der Waals surface area contributed by atoms with Crippen LogP contribution in [0.25, 0.3) is 11.1 Å². The van der Waals surface area contributed by atoms with Crippen LogP contribution < -0.4 is 5.32 Å². The van der Waals surface area contributed by atoms with Gasteiger partial charge in [-0.25, -0.2) is 14.4 Å². The smallest absolute Gasteiger partial charge is 0.407 e. The van der Waals surface area contributed by atoms with Gasteiger partial charge in [-0.2, -0.15) is 0 Å². The molecule has 3 aromatic rings. The summed E-state index contributed by atoms with van der Waals surface area (Å²) < 4.78 is 5.37. The van der Waals surface area contributed by atoms with E-state index in [1.54, 1.807) is 12.1 Å². The SMILES string of the molecule is O=C(CC[C@H](NC(=O)OCC1c2ccccc2-c2ccccc21)C(=O)O)ON1C(=O)c2ccccc2C1=O. The number of rotatable bonds is 8. The number of fused-ring (bicyclic) bond motifs is 4. The summed E-state index contributed by atoms with van der Waals surface area (Å²) in [4.78, 5) is 66.0. The summed E-state index contributed by atoms with van der Waals surface area (Å²) >= 11 is 0. The van der Waals surface area contributed by atoms with Gasteiger partial charge in [0.2, 0.25) is 0 Å². The Hall–Kier alpha value is -4.99. The maximum Gasteiger partial charge on any atom is 0.407 e. The molecule has 192 valence electrons. The molecule has 0 fully saturated rings. The van der Waals surface area contributed by atoms with Gasteiger partial charge in [-0.05, 0) is 40.8 Å². The minimum Gasteiger partial charge on any atom is -0.480 e. The topological polar surface area (TPSA) is 139 Å². The monoisotopic (exact) mass is 514 g/mol. The van der Waals surface area contributed by atoms with Crippen molar-refractivity contribution in [3.63, 3.8) is 0 Å². The first kappa shape index (κ1) is 24.7. The molecule has 0 saturated heterocycles. The van der Waals surface area contributed by atoms with E-state index in [0.717, 1.165) is 22.3 Å². The molecule has 0 saturated carbocycles. The first-order chi connectivity index (χ1) is 18.3. The zero-order valence-electron chi connectivity index (χ0n) is 20.0. The second-order valence-corrected chi connectivity index (χ2v) is 8.81. The second-order valence-electron chi connectivity index (χ2n) is 8.81. The third-order valence-electron chi connectivity index (χ3n) is 6.52. The van der Waals surface area contributed by atoms with Crippen LogP contribution in [0.15, 0.2) is 72.8 Å². The molecule has 1 aliphatic carbocycles. The van der Waals surface area contributed by atoms with Crippen LogP contribution in [0.5, 0.6) is 0 Å². The van der Waals surface area contributed by atoms with Gasteiger partial charge in [-0.1, -0.05) is 65.7 Å². The van der Waals surface area contributed by atoms with E-state index in [2.05, 4.69) is 5.32 Å². The first-order valence-corrected chi connectivity index (χ1v) is 11.9. The molecule has 0 radical (unpaired) electrons. The number of carbonyl (C=O) groups excluding carboxylic acids is 4. The molecule has 1 aliphatic heterocycles. The van der Waals surface area contributed by atoms with E-state index in [9.17, 15) is 29.1 Å². The van der Waals surface area contributed by atoms with Gasteiger partial charge in [-0.3, -0.25) is 9.59 Å². The Kier molecular flexibility index (Phi) is 6.61. The number of hydrogen-bond donors (Lipinski definition) is 2. The highest BCUT2D eigenvalue weighted by molar-refractivity contribution is 6.20. The van der Waals surface area contributed by atoms with Gasteiger partial charge in [0.25, 0.3) is 11.8 Å². The average molecular weight is 514 g/mol. The zero-order chi connectivity index (χ0) is 26.8. The van der Waals surface area contributed by atoms with Crippen LogP contribution in [0.3, 0.4) is 0 Å². The summed E-state index contributed by atoms with van der Waals surface area (Å²) in [5.41, 5.74) is 4.32. The summed E-state index contributed by atoms with van der Waals surface area (Å²) in [6.45, 7) is -0.00597. The minimum absolute atomic E-state index is 0.00597. The lowest BCUT2D eigenvalue weighted by atomic mass is 9.98. The summed E-state index contributed by atoms with van der Waals surface area (Å²) in [5, 5.41) is 12.1. The van der Waals surface area contributed by atoms with Crippen LogP contribution in [0, 0.1) is 0 Å². The molecule has 3 amide bonds. The molecular weight excluding hydrogens is 492 g/mol. The van der Waals surface area contributed by atoms with E-state index < -0.39 is 42.3 Å². The van der Waals surface area contributed by atoms with Crippen LogP contribution in [-0.4, -0.2) is 52.7 Å². The average Bonchev–Trinajstić information content (AvgIpc) is 3.37. The molecule has 0 spiro atoms. The lowest BCUT2D eigenvalue weighted by Crippen LogP contribution is -2.42. The molecule has 10 heteroatoms. The molecule has 5 rings (SSSR count). The third-order valence-corrected chi connectivity index (χ3v) is 6.52. The molecule has 10 nitrogen and oxygen atoms in total. The zero-order valence-corrected chi connectivity index (χ0v) is 20.0. The van der Waals surface area contributed by atoms with Crippen LogP contribution in [0.1, 0.15) is 50.6 Å². The molecule has 0 aromatic heterocycles. The van der Waals surface area contributed by atoms with E-state index in [1.165, 1.54) is 12.1 Å². The van der Waals surface area contributed by atoms with Crippen LogP contribution >= 0.6 is 0 Å². The second kappa shape index (κ2) is 10.2. The van der Waals surface area contributed by atoms with Gasteiger partial charge in [0.05, 0.1) is 17.5 Å². The minimum atomic E-state index is -1.46. The molecule has 38 heavy (non-hydrogen) atoms. The Morgan fingerprint density at radius 2 is 1.32 bits per heavy atom. The number of nitrogens with zero attached hydrogens (tertiary/aromatic N) is 1. The fourth-order valence-electron chi connectivity index (χ4n) is 4.70. The maximum absolute atomic E-state index is 12.5. The Morgan fingerprint density at radius 3 is 1.84 bits per heavy atom. The van der Waals surface area contributed by atoms with E-state index in [0.29, 0.717) is 5.06 Å². The number of hydrogen-bond acceptors (Lipinski definition) is 7. The molecular formula is C28H22N2O8. The van der Waals surface area contributed by atoms with E-state index >= 15 is 0 Å². The van der Waals surface area contributed by atoms with Crippen molar-refractivity contribution in [1.29, 1.82) is 0 Å². The van der Waals surface area contributed by atoms with Crippen molar-refractivity contribution in [2.24, 2.45) is 0 Å². The van der Waals surface area contributed by atoms with Gasteiger partial charge < -0.3 is 20.0 Å². The van der Waals surface area contributed by atoms with Crippen LogP contribution in [-0.2, 0) is 19.2 Å². The van der Waals surface area contributed by atoms with Gasteiger partial charge in [0, 0.05) is 5.92 Å². The van der Waals surface area contributed by atoms with Crippen molar-refractivity contribution in [3.05, 3.63) is 95.1 Å². The van der Waals surface area contributed by atoms with E-state index in [1.807, 2.05) is 48.5 Å². The molecule has 1 heterocycles. The van der Waals surface area contributed by atoms with Gasteiger partial charge >= 0.3 is 18.0 Å². The largest absolute Gasteiger partial charge is 0.480 e. The number of carboxylic acid groups (broad SMARTS) is 1. The van der Waals surface area contributed by atoms with Crippen molar-refractivity contribution < 1.29 is 38.7 Å². The van der Waals surface area contributed by atoms with E-state index in [-0.39, 0.29) is 30.1 Å². The standard InChI is InChI=1S/C28H22N2O8/c31-24(38-30-25(32)20-11-5-6-12-21(20)26(30)33)14-13-23(27(34)35)29-28(36)37-15-22-18-9-3-1-7-16(18)17-8-2-4-10-19(17)22/h1-12,22-23H,13-15H2,(H,29,36)(H,34,35)/t23-/m0/s1. The third kappa shape index (κ3) is 4.59. The molecule has 0 bridgehead atoms. The lowest BCUT2D eigenvalue weighted by Gasteiger charge is -2.18. The van der Waals surface area contributed by atoms with Gasteiger partial charge in [0.15, 0.2) is 0 Å². The highest BCUT2D eigenvalue weighted by Crippen LogP contribution is 2.44. The molecule has 1 atom stereocenters. The highest BCUT2D eigenvalue weighted by Gasteiger charge is 2.38. The number of ether oxygens (including phenoxy) is 1. The van der Waals surface area contributed by atoms with Crippen molar-refractivity contribution in [1.82, 2.24) is 10.4 Å². The Balaban J connectivity index is 1.15. The summed E-state index contributed by atoms with van der Waals surface area (Å²) in [6.07, 6.45) is -1.77. The van der Waals surface area contributed by atoms with Gasteiger partial charge in [0.1, 0.15) is 12.6 Å². The van der Waals surface area contributed by atoms with Crippen LogP contribution in [0.2, 0.25) is 0 Å². The number of hydroxylamine groups is 2. The van der Waals surface area contributed by atoms with E-state index in [4.69, 9.17) is 9.57 Å². The quantitative estimate of drug-likeness (QED) is 0.436. The molecule has 3 aromatic carbocycles. The summed E-state index contributed by atoms with van der Waals surface area (Å²) in [7, 11) is 0. The Bertz CT molecular complexity index is 1390. The Morgan fingerprint density at radius 1 is 0.816 bits per heavy atom. The number of imide groups is 1. The van der Waals surface area contributed by atoms with Crippen molar-refractivity contribution in [3.8, 4) is 11.1 Å². The summed E-state index contributed by atoms with van der Waals surface area (Å²) in [5.74, 6) is -4.16. The summed E-state index contributed by atoms with van der Waals surface area (Å²) in [6, 6.07) is 20.1. The fourth-order valence-corrected chi connectivity index (χ4v) is 4.70. The number of carboxylic acids is 1. The highest BCUT2D eigenvalue weighted by atomic mass is 16.7. The number of nitrogens with one attached hydrogen (secondary N) is 1. The maximum atomic E-state index is 12.5. The fraction of sp³-hybridized carbons (Fsp3) is 0.179. The van der Waals surface area contributed by atoms with Crippen molar-refractivity contribution in [2.45, 2.75) is 24.8 Å². The Labute approximate surface area is 216 Å².